The van der Waals surface area contributed by atoms with E-state index in [1.54, 1.807) is 35.4 Å². The summed E-state index contributed by atoms with van der Waals surface area (Å²) in [5.41, 5.74) is 0.234. The minimum atomic E-state index is -1.32. The van der Waals surface area contributed by atoms with Crippen molar-refractivity contribution in [2.75, 3.05) is 42.2 Å². The fourth-order valence-corrected chi connectivity index (χ4v) is 18.1. The van der Waals surface area contributed by atoms with Gasteiger partial charge in [0, 0.05) is 80.0 Å². The Labute approximate surface area is 525 Å². The third-order valence-corrected chi connectivity index (χ3v) is 23.1. The molecule has 89 heavy (non-hydrogen) atoms. The van der Waals surface area contributed by atoms with Crippen LogP contribution in [0.3, 0.4) is 0 Å². The van der Waals surface area contributed by atoms with Gasteiger partial charge < -0.3 is 101 Å². The van der Waals surface area contributed by atoms with Crippen molar-refractivity contribution in [3.05, 3.63) is 11.6 Å². The van der Waals surface area contributed by atoms with Gasteiger partial charge in [0.2, 0.25) is 5.79 Å². The summed E-state index contributed by atoms with van der Waals surface area (Å²) in [7, 11) is 7.90. The van der Waals surface area contributed by atoms with Gasteiger partial charge in [-0.25, -0.2) is 4.89 Å². The zero-order valence-corrected chi connectivity index (χ0v) is 55.1. The van der Waals surface area contributed by atoms with E-state index in [9.17, 15) is 20.1 Å². The number of fused-ring (bicyclic) bond motifs is 6. The normalized spacial score (nSPS) is 52.3. The van der Waals surface area contributed by atoms with Gasteiger partial charge in [-0.15, -0.1) is 0 Å². The molecule has 24 heteroatoms. The number of esters is 1. The first-order chi connectivity index (χ1) is 42.4. The molecule has 0 bridgehead atoms. The molecule has 0 aromatic carbocycles. The van der Waals surface area contributed by atoms with Crippen LogP contribution >= 0.6 is 0 Å². The predicted octanol–water partition coefficient (Wildman–Crippen LogP) is 5.86. The Hall–Kier alpha value is -1.67. The van der Waals surface area contributed by atoms with Crippen molar-refractivity contribution in [2.45, 2.75) is 324 Å². The highest BCUT2D eigenvalue weighted by Gasteiger charge is 2.66. The Morgan fingerprint density at radius 2 is 1.18 bits per heavy atom. The quantitative estimate of drug-likeness (QED) is 0.0875. The molecule has 0 aromatic rings. The molecule has 0 radical (unpaired) electrons. The molecule has 3 saturated carbocycles. The van der Waals surface area contributed by atoms with Gasteiger partial charge in [0.15, 0.2) is 37.6 Å². The number of allylic oxidation sites excluding steroid dienone is 1. The molecular weight excluding hydrogens is 1160 g/mol. The van der Waals surface area contributed by atoms with Crippen LogP contribution in [-0.4, -0.2) is 234 Å². The van der Waals surface area contributed by atoms with Gasteiger partial charge >= 0.3 is 5.97 Å². The van der Waals surface area contributed by atoms with Crippen LogP contribution in [0.4, 0.5) is 0 Å². The van der Waals surface area contributed by atoms with Crippen LogP contribution in [0, 0.1) is 28.6 Å². The summed E-state index contributed by atoms with van der Waals surface area (Å²) in [6.07, 6.45) is -4.82. The number of hydrogen-bond acceptors (Lipinski definition) is 24. The average molecular weight is 1270 g/mol. The Morgan fingerprint density at radius 3 is 1.75 bits per heavy atom. The van der Waals surface area contributed by atoms with Gasteiger partial charge in [-0.2, -0.15) is 4.89 Å². The molecule has 24 nitrogen and oxygen atoms in total. The van der Waals surface area contributed by atoms with Crippen LogP contribution in [0.2, 0.25) is 0 Å². The van der Waals surface area contributed by atoms with Crippen LogP contribution in [0.15, 0.2) is 11.6 Å². The maximum atomic E-state index is 12.8. The van der Waals surface area contributed by atoms with E-state index in [0.717, 1.165) is 44.9 Å². The third kappa shape index (κ3) is 13.4. The topological polar surface area (TPSA) is 262 Å². The van der Waals surface area contributed by atoms with E-state index >= 15 is 0 Å². The standard InChI is InChI=1S/C65H106O24/c1-31-53(68)59(74-15)60(82-38(8)66)61(80-31)86-56-34(4)78-51(27-46(56)72-13)84-54-32(2)76-50(25-44(54)70-11)83-55-33(3)77-52(26-45(55)71-12)85-57-36(6)87-64(29-48(57)73-14)30-75-47-28-49(79-35(5)58(47)88-89-64)81-37(7)65(69)23-20-43-41-17-16-39-24-40(67)18-21-62(39,9)42(41)19-22-63(43,65)10/h16,31-37,40-61,67-69H,17-30H2,1-15H3/t31-,32+,33+,34+,35-,36+,37+,40-,41+,42+,43-,44+,45+,46+,47-,48+,49+,50-,51-,52-,53-,54+,55+,56+,57+,58-,59+,60-,61+,62-,63+,64-,65-/m0/s1. The van der Waals surface area contributed by atoms with Crippen molar-refractivity contribution >= 4 is 5.97 Å². The molecule has 7 saturated heterocycles. The summed E-state index contributed by atoms with van der Waals surface area (Å²) in [6, 6.07) is 0. The zero-order chi connectivity index (χ0) is 63.6. The zero-order valence-electron chi connectivity index (χ0n) is 55.1. The van der Waals surface area contributed by atoms with Crippen molar-refractivity contribution in [1.82, 2.24) is 0 Å². The van der Waals surface area contributed by atoms with Crippen LogP contribution < -0.4 is 0 Å². The first kappa shape index (κ1) is 68.7. The molecular formula is C65H106O24. The van der Waals surface area contributed by atoms with E-state index in [2.05, 4.69) is 19.9 Å². The van der Waals surface area contributed by atoms with Gasteiger partial charge in [-0.3, -0.25) is 4.79 Å². The highest BCUT2D eigenvalue weighted by molar-refractivity contribution is 5.66. The summed E-state index contributed by atoms with van der Waals surface area (Å²) in [6.45, 7) is 19.3. The number of carbonyl (C=O) groups is 1. The molecule has 0 unspecified atom stereocenters. The first-order valence-corrected chi connectivity index (χ1v) is 33.2. The van der Waals surface area contributed by atoms with Gasteiger partial charge in [0.25, 0.3) is 0 Å². The largest absolute Gasteiger partial charge is 0.454 e. The number of rotatable bonds is 17. The van der Waals surface area contributed by atoms with E-state index in [1.165, 1.54) is 19.6 Å². The molecule has 7 aliphatic heterocycles. The smallest absolute Gasteiger partial charge is 0.303 e. The molecule has 7 heterocycles. The second-order valence-corrected chi connectivity index (χ2v) is 28.3. The third-order valence-electron chi connectivity index (χ3n) is 23.1. The maximum absolute atomic E-state index is 12.8. The second-order valence-electron chi connectivity index (χ2n) is 28.3. The van der Waals surface area contributed by atoms with Crippen LogP contribution in [0.5, 0.6) is 0 Å². The molecule has 510 valence electrons. The number of carbonyl (C=O) groups excluding carboxylic acids is 1. The molecule has 1 spiro atoms. The SMILES string of the molecule is CO[C@@H]1[C@@H](O)[C@H](C)O[C@H](O[C@@H]2[C@@H](C)O[C@@H](O[C@@H]3[C@@H](C)O[C@@H](O[C@@H]4[C@@H](C)O[C@@H](O[C@@H]5[C@@H](C)O[C@@]6(CO[C@H]7C[C@@H](O[C@H](C)[C@@]8(O)CC[C@H]9[C@@H]%10CC=C%11C[C@@H](O)CC[C@]%11(C)[C@@H]%10CC[C@]98C)O[C@@H](C)[C@@H]7OO6)C[C@H]5OC)C[C@H]4OC)C[C@H]3OC)C[C@H]2OC)[C@H]1OC(C)=O. The summed E-state index contributed by atoms with van der Waals surface area (Å²) in [5, 5.41) is 34.2. The van der Waals surface area contributed by atoms with Crippen LogP contribution in [-0.2, 0) is 99.8 Å². The van der Waals surface area contributed by atoms with Crippen LogP contribution in [0.1, 0.15) is 153 Å². The second kappa shape index (κ2) is 27.8. The molecule has 3 N–H and O–H groups in total. The van der Waals surface area contributed by atoms with E-state index in [1.807, 2.05) is 41.5 Å². The van der Waals surface area contributed by atoms with Crippen molar-refractivity contribution in [3.63, 3.8) is 0 Å². The Bertz CT molecular complexity index is 2390. The summed E-state index contributed by atoms with van der Waals surface area (Å²) >= 11 is 0. The summed E-state index contributed by atoms with van der Waals surface area (Å²) in [5.74, 6) is -0.451. The lowest BCUT2D eigenvalue weighted by Gasteiger charge is -2.59. The Kier molecular flexibility index (Phi) is 21.5. The van der Waals surface area contributed by atoms with Gasteiger partial charge in [-0.1, -0.05) is 25.5 Å². The lowest BCUT2D eigenvalue weighted by molar-refractivity contribution is -0.472. The molecule has 10 fully saturated rings. The number of methoxy groups -OCH3 is 5. The number of aliphatic hydroxyl groups excluding tert-OH is 2. The monoisotopic (exact) mass is 1270 g/mol. The fraction of sp³-hybridized carbons (Fsp3) is 0.954. The molecule has 11 aliphatic rings. The molecule has 33 atom stereocenters. The average Bonchev–Trinajstić information content (AvgIpc) is 1.67. The minimum Gasteiger partial charge on any atom is -0.454 e. The van der Waals surface area contributed by atoms with Gasteiger partial charge in [0.05, 0.1) is 85.0 Å². The lowest BCUT2D eigenvalue weighted by Crippen LogP contribution is -2.62. The molecule has 0 amide bonds. The van der Waals surface area contributed by atoms with Gasteiger partial charge in [-0.05, 0) is 123 Å². The first-order valence-electron chi connectivity index (χ1n) is 33.2. The van der Waals surface area contributed by atoms with Crippen molar-refractivity contribution in [1.29, 1.82) is 0 Å². The maximum Gasteiger partial charge on any atom is 0.303 e. The highest BCUT2D eigenvalue weighted by Crippen LogP contribution is 2.68. The van der Waals surface area contributed by atoms with Crippen molar-refractivity contribution in [2.24, 2.45) is 28.6 Å². The fourth-order valence-electron chi connectivity index (χ4n) is 18.1. The lowest BCUT2D eigenvalue weighted by atomic mass is 9.46. The molecule has 0 aromatic heterocycles. The Balaban J connectivity index is 0.652. The Morgan fingerprint density at radius 1 is 0.618 bits per heavy atom. The van der Waals surface area contributed by atoms with E-state index in [-0.39, 0.29) is 36.4 Å². The van der Waals surface area contributed by atoms with Crippen LogP contribution in [0.25, 0.3) is 0 Å². The number of ether oxygens (including phenoxy) is 18. The highest BCUT2D eigenvalue weighted by atomic mass is 17.2. The number of aliphatic hydroxyl groups is 3. The minimum absolute atomic E-state index is 0.0555. The van der Waals surface area contributed by atoms with E-state index in [0.29, 0.717) is 43.4 Å². The summed E-state index contributed by atoms with van der Waals surface area (Å²) in [4.78, 5) is 24.6. The van der Waals surface area contributed by atoms with E-state index < -0.39 is 171 Å². The van der Waals surface area contributed by atoms with Crippen molar-refractivity contribution in [3.8, 4) is 0 Å². The predicted molar refractivity (Wildman–Crippen MR) is 312 cm³/mol. The molecule has 11 rings (SSSR count). The van der Waals surface area contributed by atoms with Crippen molar-refractivity contribution < 1.29 is 115 Å². The van der Waals surface area contributed by atoms with E-state index in [4.69, 9.17) is 95.0 Å². The van der Waals surface area contributed by atoms with Gasteiger partial charge in [0.1, 0.15) is 49.3 Å². The molecule has 4 aliphatic carbocycles. The summed E-state index contributed by atoms with van der Waals surface area (Å²) < 4.78 is 114. The number of hydrogen-bond donors (Lipinski definition) is 3.